The highest BCUT2D eigenvalue weighted by molar-refractivity contribution is 7.81. The zero-order chi connectivity index (χ0) is 24.8. The fourth-order valence-electron chi connectivity index (χ4n) is 3.50. The molecule has 0 spiro atoms. The van der Waals surface area contributed by atoms with Crippen molar-refractivity contribution in [2.24, 2.45) is 5.92 Å². The predicted octanol–water partition coefficient (Wildman–Crippen LogP) is 5.75. The second-order valence-electron chi connectivity index (χ2n) is 8.62. The quantitative estimate of drug-likeness (QED) is 0.167. The molecular weight excluding hydrogens is 434 g/mol. The van der Waals surface area contributed by atoms with Gasteiger partial charge in [0.15, 0.2) is 0 Å². The van der Waals surface area contributed by atoms with Crippen LogP contribution in [-0.4, -0.2) is 84.5 Å². The number of nitrogens with zero attached hydrogens (tertiary/aromatic N) is 3. The first-order valence-electron chi connectivity index (χ1n) is 11.9. The van der Waals surface area contributed by atoms with Crippen molar-refractivity contribution in [2.45, 2.75) is 54.4 Å². The van der Waals surface area contributed by atoms with Crippen LogP contribution in [0.2, 0.25) is 0 Å². The Labute approximate surface area is 209 Å². The van der Waals surface area contributed by atoms with Crippen molar-refractivity contribution in [3.63, 3.8) is 0 Å². The highest BCUT2D eigenvalue weighted by Gasteiger charge is 2.31. The van der Waals surface area contributed by atoms with E-state index in [1.165, 1.54) is 24.1 Å². The van der Waals surface area contributed by atoms with Gasteiger partial charge in [0.2, 0.25) is 0 Å². The first-order valence-corrected chi connectivity index (χ1v) is 12.7. The third-order valence-electron chi connectivity index (χ3n) is 5.57. The summed E-state index contributed by atoms with van der Waals surface area (Å²) in [6.45, 7) is 27.5. The van der Waals surface area contributed by atoms with E-state index in [-0.39, 0.29) is 0 Å². The summed E-state index contributed by atoms with van der Waals surface area (Å²) in [5, 5.41) is 0. The molecule has 0 bridgehead atoms. The summed E-state index contributed by atoms with van der Waals surface area (Å²) in [5.74, 6) is 0.531. The molecule has 0 fully saturated rings. The minimum atomic E-state index is 0.531. The van der Waals surface area contributed by atoms with Gasteiger partial charge in [0.1, 0.15) is 0 Å². The first kappa shape index (κ1) is 30.9. The molecule has 0 aromatic heterocycles. The van der Waals surface area contributed by atoms with Crippen molar-refractivity contribution >= 4 is 34.2 Å². The molecule has 0 heterocycles. The summed E-state index contributed by atoms with van der Waals surface area (Å²) >= 11 is 10.4. The molecule has 1 rings (SSSR count). The Morgan fingerprint density at radius 3 is 1.97 bits per heavy atom. The highest BCUT2D eigenvalue weighted by atomic mass is 32.1. The Morgan fingerprint density at radius 1 is 1.00 bits per heavy atom. The molecule has 0 unspecified atom stereocenters. The number of rotatable bonds is 15. The van der Waals surface area contributed by atoms with Gasteiger partial charge in [-0.15, -0.1) is 0 Å². The van der Waals surface area contributed by atoms with E-state index in [0.717, 1.165) is 66.9 Å². The van der Waals surface area contributed by atoms with E-state index in [0.29, 0.717) is 5.92 Å². The van der Waals surface area contributed by atoms with Gasteiger partial charge in [-0.3, -0.25) is 0 Å². The summed E-state index contributed by atoms with van der Waals surface area (Å²) in [4.78, 5) is 8.52. The van der Waals surface area contributed by atoms with Crippen LogP contribution in [0.4, 0.5) is 0 Å². The minimum absolute atomic E-state index is 0.531. The fraction of sp³-hybridized carbons (Fsp3) is 0.692. The summed E-state index contributed by atoms with van der Waals surface area (Å²) in [7, 11) is 4.08. The first-order chi connectivity index (χ1) is 15.0. The normalized spacial score (nSPS) is 13.2. The van der Waals surface area contributed by atoms with Crippen LogP contribution in [-0.2, 0) is 4.74 Å². The zero-order valence-corrected chi connectivity index (χ0v) is 23.6. The lowest BCUT2D eigenvalue weighted by Gasteiger charge is -2.36. The summed E-state index contributed by atoms with van der Waals surface area (Å²) in [6, 6.07) is 0. The largest absolute Gasteiger partial charge is 0.378 e. The van der Waals surface area contributed by atoms with Crippen LogP contribution in [0.15, 0.2) is 35.7 Å². The number of hydrogen-bond donors (Lipinski definition) is 0. The van der Waals surface area contributed by atoms with Crippen LogP contribution in [0.3, 0.4) is 0 Å². The van der Waals surface area contributed by atoms with E-state index >= 15 is 0 Å². The number of likely N-dealkylation sites (N-methyl/N-ethyl adjacent to an activating group) is 1. The molecule has 0 atom stereocenters. The molecule has 0 saturated heterocycles. The number of thiocarbonyl (C=S) groups is 2. The number of allylic oxidation sites excluding steroid dienone is 3. The number of ether oxygens (including phenoxy) is 1. The Kier molecular flexibility index (Phi) is 16.0. The van der Waals surface area contributed by atoms with Crippen LogP contribution in [0.5, 0.6) is 0 Å². The molecule has 0 N–H and O–H groups in total. The average molecular weight is 482 g/mol. The van der Waals surface area contributed by atoms with Crippen molar-refractivity contribution < 1.29 is 4.74 Å². The molecule has 1 aliphatic carbocycles. The van der Waals surface area contributed by atoms with E-state index in [4.69, 9.17) is 29.2 Å². The van der Waals surface area contributed by atoms with Crippen molar-refractivity contribution in [3.05, 3.63) is 35.7 Å². The van der Waals surface area contributed by atoms with E-state index in [1.807, 2.05) is 14.0 Å². The Balaban J connectivity index is 0.000000641. The van der Waals surface area contributed by atoms with Gasteiger partial charge in [0, 0.05) is 44.3 Å². The maximum Gasteiger partial charge on any atom is 0.0683 e. The minimum Gasteiger partial charge on any atom is -0.378 e. The maximum absolute atomic E-state index is 5.69. The molecular formula is C26H47N3OS2. The molecule has 0 aromatic rings. The molecule has 4 nitrogen and oxygen atoms in total. The predicted molar refractivity (Wildman–Crippen MR) is 150 cm³/mol. The smallest absolute Gasteiger partial charge is 0.0683 e. The maximum atomic E-state index is 5.69. The molecule has 0 radical (unpaired) electrons. The Bertz CT molecular complexity index is 664. The molecule has 6 heteroatoms. The van der Waals surface area contributed by atoms with Crippen LogP contribution in [0.1, 0.15) is 54.4 Å². The van der Waals surface area contributed by atoms with Gasteiger partial charge in [0.25, 0.3) is 0 Å². The van der Waals surface area contributed by atoms with Crippen LogP contribution in [0, 0.1) is 5.92 Å². The molecule has 0 amide bonds. The lowest BCUT2D eigenvalue weighted by molar-refractivity contribution is 0.0941. The van der Waals surface area contributed by atoms with E-state index in [2.05, 4.69) is 69.5 Å². The van der Waals surface area contributed by atoms with E-state index < -0.39 is 0 Å². The molecule has 0 aliphatic heterocycles. The van der Waals surface area contributed by atoms with Gasteiger partial charge >= 0.3 is 0 Å². The van der Waals surface area contributed by atoms with Crippen LogP contribution >= 0.6 is 24.4 Å². The molecule has 0 aromatic carbocycles. The molecule has 1 aliphatic rings. The van der Waals surface area contributed by atoms with Crippen molar-refractivity contribution in [3.8, 4) is 0 Å². The van der Waals surface area contributed by atoms with Crippen molar-refractivity contribution in [1.82, 2.24) is 14.7 Å². The van der Waals surface area contributed by atoms with Gasteiger partial charge in [-0.1, -0.05) is 65.3 Å². The Morgan fingerprint density at radius 2 is 1.53 bits per heavy atom. The van der Waals surface area contributed by atoms with Crippen molar-refractivity contribution in [2.75, 3.05) is 60.0 Å². The van der Waals surface area contributed by atoms with Crippen LogP contribution < -0.4 is 0 Å². The van der Waals surface area contributed by atoms with E-state index in [1.54, 1.807) is 0 Å². The summed E-state index contributed by atoms with van der Waals surface area (Å²) < 4.78 is 5.69. The summed E-state index contributed by atoms with van der Waals surface area (Å²) in [5.41, 5.74) is 4.56. The molecule has 32 heavy (non-hydrogen) atoms. The van der Waals surface area contributed by atoms with Gasteiger partial charge in [-0.05, 0) is 56.8 Å². The topological polar surface area (TPSA) is 19.0 Å². The Hall–Kier alpha value is -1.08. The molecule has 184 valence electrons. The monoisotopic (exact) mass is 481 g/mol. The second kappa shape index (κ2) is 16.5. The summed E-state index contributed by atoms with van der Waals surface area (Å²) in [6.07, 6.45) is 2.41. The van der Waals surface area contributed by atoms with E-state index in [9.17, 15) is 0 Å². The average Bonchev–Trinajstić information content (AvgIpc) is 2.75. The van der Waals surface area contributed by atoms with Gasteiger partial charge in [-0.2, -0.15) is 0 Å². The van der Waals surface area contributed by atoms with Gasteiger partial charge in [0.05, 0.1) is 23.8 Å². The lowest BCUT2D eigenvalue weighted by Crippen LogP contribution is -2.34. The van der Waals surface area contributed by atoms with Crippen molar-refractivity contribution in [1.29, 1.82) is 0 Å². The number of hydrogen-bond acceptors (Lipinski definition) is 6. The third-order valence-corrected chi connectivity index (χ3v) is 6.25. The third kappa shape index (κ3) is 10.2. The van der Waals surface area contributed by atoms with Gasteiger partial charge in [-0.25, -0.2) is 0 Å². The fourth-order valence-corrected chi connectivity index (χ4v) is 4.03. The van der Waals surface area contributed by atoms with Crippen LogP contribution in [0.25, 0.3) is 0 Å². The lowest BCUT2D eigenvalue weighted by atomic mass is 9.81. The second-order valence-corrected chi connectivity index (χ2v) is 9.64. The zero-order valence-electron chi connectivity index (χ0n) is 21.9. The SMILES string of the molecule is C=C(C(C)=S)N(C)CCOCCN(CCC)CCC.C=C1C(=S)C(N(C)CC)=C1C(C)C. The molecule has 0 saturated carbocycles. The standard InChI is InChI=1S/C15H30N2OS.C11H17NS/c1-6-8-17(9-7-2)11-13-18-12-10-16(5)14(3)15(4)19;1-6-12(5)10-9(7(2)3)8(4)11(10)13/h3,6-13H2,1-2,4-5H3;7H,4,6H2,1-3,5H3. The van der Waals surface area contributed by atoms with Gasteiger partial charge < -0.3 is 19.4 Å². The highest BCUT2D eigenvalue weighted by Crippen LogP contribution is 2.37.